The highest BCUT2D eigenvalue weighted by atomic mass is 16.6. The normalized spacial score (nSPS) is 24.9. The van der Waals surface area contributed by atoms with Gasteiger partial charge < -0.3 is 14.8 Å². The molecule has 0 amide bonds. The molecule has 0 radical (unpaired) electrons. The van der Waals surface area contributed by atoms with E-state index in [-0.39, 0.29) is 6.10 Å². The van der Waals surface area contributed by atoms with Crippen molar-refractivity contribution in [2.45, 2.75) is 45.3 Å². The average Bonchev–Trinajstić information content (AvgIpc) is 2.25. The van der Waals surface area contributed by atoms with Gasteiger partial charge >= 0.3 is 0 Å². The highest BCUT2D eigenvalue weighted by Crippen LogP contribution is 2.11. The Hall–Kier alpha value is -0.120. The third kappa shape index (κ3) is 3.95. The van der Waals surface area contributed by atoms with E-state index in [9.17, 15) is 0 Å². The summed E-state index contributed by atoms with van der Waals surface area (Å²) in [5.41, 5.74) is 0. The summed E-state index contributed by atoms with van der Waals surface area (Å²) in [5, 5.41) is 3.48. The van der Waals surface area contributed by atoms with Gasteiger partial charge in [-0.15, -0.1) is 0 Å². The lowest BCUT2D eigenvalue weighted by Crippen LogP contribution is -2.46. The summed E-state index contributed by atoms with van der Waals surface area (Å²) in [6.07, 6.45) is 3.96. The Labute approximate surface area is 87.2 Å². The van der Waals surface area contributed by atoms with Gasteiger partial charge in [0.1, 0.15) is 0 Å². The van der Waals surface area contributed by atoms with Crippen molar-refractivity contribution in [3.63, 3.8) is 0 Å². The predicted molar refractivity (Wildman–Crippen MR) is 57.5 cm³/mol. The molecule has 1 aliphatic rings. The fourth-order valence-corrected chi connectivity index (χ4v) is 1.84. The van der Waals surface area contributed by atoms with Crippen molar-refractivity contribution in [3.05, 3.63) is 0 Å². The molecule has 1 saturated heterocycles. The summed E-state index contributed by atoms with van der Waals surface area (Å²) in [6, 6.07) is 0.472. The van der Waals surface area contributed by atoms with Crippen LogP contribution in [0.4, 0.5) is 0 Å². The van der Waals surface area contributed by atoms with Gasteiger partial charge in [0.2, 0.25) is 0 Å². The van der Waals surface area contributed by atoms with E-state index in [0.717, 1.165) is 26.4 Å². The number of likely N-dealkylation sites (N-methyl/N-ethyl adjacent to an activating group) is 1. The molecule has 1 aliphatic heterocycles. The average molecular weight is 201 g/mol. The number of hydrogen-bond acceptors (Lipinski definition) is 3. The second-order valence-electron chi connectivity index (χ2n) is 3.79. The van der Waals surface area contributed by atoms with Crippen molar-refractivity contribution in [2.24, 2.45) is 0 Å². The summed E-state index contributed by atoms with van der Waals surface area (Å²) in [6.45, 7) is 7.63. The van der Waals surface area contributed by atoms with Crippen molar-refractivity contribution >= 4 is 0 Å². The van der Waals surface area contributed by atoms with Crippen molar-refractivity contribution < 1.29 is 9.47 Å². The Bertz CT molecular complexity index is 135. The number of nitrogens with one attached hydrogen (secondary N) is 1. The quantitative estimate of drug-likeness (QED) is 0.707. The van der Waals surface area contributed by atoms with Crippen LogP contribution < -0.4 is 5.32 Å². The number of hydrogen-bond donors (Lipinski definition) is 1. The van der Waals surface area contributed by atoms with Crippen LogP contribution in [0.25, 0.3) is 0 Å². The van der Waals surface area contributed by atoms with Gasteiger partial charge in [0, 0.05) is 6.04 Å². The molecular formula is C11H23NO2. The topological polar surface area (TPSA) is 30.5 Å². The number of ether oxygens (including phenoxy) is 2. The second kappa shape index (κ2) is 7.21. The summed E-state index contributed by atoms with van der Waals surface area (Å²) in [4.78, 5) is 0. The van der Waals surface area contributed by atoms with E-state index in [2.05, 4.69) is 19.2 Å². The molecule has 2 atom stereocenters. The van der Waals surface area contributed by atoms with E-state index in [4.69, 9.17) is 9.47 Å². The van der Waals surface area contributed by atoms with Crippen molar-refractivity contribution in [3.8, 4) is 0 Å². The molecule has 84 valence electrons. The van der Waals surface area contributed by atoms with Crippen LogP contribution in [-0.4, -0.2) is 38.5 Å². The monoisotopic (exact) mass is 201 g/mol. The Morgan fingerprint density at radius 2 is 2.21 bits per heavy atom. The molecule has 0 aromatic carbocycles. The SMILES string of the molecule is CCCCC(NCC)C1COCCO1. The van der Waals surface area contributed by atoms with Crippen LogP contribution in [0.2, 0.25) is 0 Å². The molecule has 0 saturated carbocycles. The van der Waals surface area contributed by atoms with Crippen LogP contribution in [0.3, 0.4) is 0 Å². The van der Waals surface area contributed by atoms with Crippen molar-refractivity contribution in [2.75, 3.05) is 26.4 Å². The van der Waals surface area contributed by atoms with Crippen molar-refractivity contribution in [1.82, 2.24) is 5.32 Å². The molecule has 0 aromatic heterocycles. The molecule has 1 fully saturated rings. The molecule has 0 bridgehead atoms. The predicted octanol–water partition coefficient (Wildman–Crippen LogP) is 1.57. The van der Waals surface area contributed by atoms with Gasteiger partial charge in [-0.05, 0) is 13.0 Å². The summed E-state index contributed by atoms with van der Waals surface area (Å²) in [7, 11) is 0. The first kappa shape index (κ1) is 12.0. The van der Waals surface area contributed by atoms with E-state index >= 15 is 0 Å². The first-order valence-electron chi connectivity index (χ1n) is 5.81. The van der Waals surface area contributed by atoms with E-state index in [1.807, 2.05) is 0 Å². The lowest BCUT2D eigenvalue weighted by molar-refractivity contribution is -0.102. The molecule has 0 aliphatic carbocycles. The second-order valence-corrected chi connectivity index (χ2v) is 3.79. The summed E-state index contributed by atoms with van der Waals surface area (Å²) in [5.74, 6) is 0. The van der Waals surface area contributed by atoms with Crippen LogP contribution in [-0.2, 0) is 9.47 Å². The van der Waals surface area contributed by atoms with Crippen LogP contribution in [0.1, 0.15) is 33.1 Å². The van der Waals surface area contributed by atoms with E-state index in [1.54, 1.807) is 0 Å². The van der Waals surface area contributed by atoms with E-state index < -0.39 is 0 Å². The standard InChI is InChI=1S/C11H23NO2/c1-3-5-6-10(12-4-2)11-9-13-7-8-14-11/h10-12H,3-9H2,1-2H3. The smallest absolute Gasteiger partial charge is 0.0962 e. The molecule has 1 heterocycles. The Morgan fingerprint density at radius 1 is 1.36 bits per heavy atom. The third-order valence-electron chi connectivity index (χ3n) is 2.63. The molecule has 3 nitrogen and oxygen atoms in total. The van der Waals surface area contributed by atoms with Crippen LogP contribution >= 0.6 is 0 Å². The zero-order valence-corrected chi connectivity index (χ0v) is 9.42. The maximum Gasteiger partial charge on any atom is 0.0962 e. The number of rotatable bonds is 6. The summed E-state index contributed by atoms with van der Waals surface area (Å²) < 4.78 is 11.1. The minimum Gasteiger partial charge on any atom is -0.376 e. The zero-order chi connectivity index (χ0) is 10.2. The van der Waals surface area contributed by atoms with Gasteiger partial charge in [0.15, 0.2) is 0 Å². The molecular weight excluding hydrogens is 178 g/mol. The first-order chi connectivity index (χ1) is 6.88. The Kier molecular flexibility index (Phi) is 6.15. The fourth-order valence-electron chi connectivity index (χ4n) is 1.84. The first-order valence-corrected chi connectivity index (χ1v) is 5.81. The van der Waals surface area contributed by atoms with Crippen LogP contribution in [0, 0.1) is 0 Å². The minimum absolute atomic E-state index is 0.259. The zero-order valence-electron chi connectivity index (χ0n) is 9.42. The van der Waals surface area contributed by atoms with Crippen LogP contribution in [0.15, 0.2) is 0 Å². The molecule has 0 aromatic rings. The lowest BCUT2D eigenvalue weighted by Gasteiger charge is -2.31. The largest absolute Gasteiger partial charge is 0.376 e. The van der Waals surface area contributed by atoms with E-state index in [1.165, 1.54) is 19.3 Å². The van der Waals surface area contributed by atoms with E-state index in [0.29, 0.717) is 6.04 Å². The maximum absolute atomic E-state index is 5.70. The lowest BCUT2D eigenvalue weighted by atomic mass is 10.0. The minimum atomic E-state index is 0.259. The van der Waals surface area contributed by atoms with Gasteiger partial charge in [0.25, 0.3) is 0 Å². The fraction of sp³-hybridized carbons (Fsp3) is 1.00. The third-order valence-corrected chi connectivity index (χ3v) is 2.63. The summed E-state index contributed by atoms with van der Waals surface area (Å²) >= 11 is 0. The molecule has 2 unspecified atom stereocenters. The van der Waals surface area contributed by atoms with Gasteiger partial charge in [-0.25, -0.2) is 0 Å². The Morgan fingerprint density at radius 3 is 2.79 bits per heavy atom. The molecule has 1 N–H and O–H groups in total. The maximum atomic E-state index is 5.70. The van der Waals surface area contributed by atoms with Gasteiger partial charge in [-0.1, -0.05) is 26.7 Å². The van der Waals surface area contributed by atoms with Crippen LogP contribution in [0.5, 0.6) is 0 Å². The molecule has 1 rings (SSSR count). The molecule has 0 spiro atoms. The highest BCUT2D eigenvalue weighted by Gasteiger charge is 2.23. The highest BCUT2D eigenvalue weighted by molar-refractivity contribution is 4.78. The van der Waals surface area contributed by atoms with Gasteiger partial charge in [0.05, 0.1) is 25.9 Å². The number of unbranched alkanes of at least 4 members (excludes halogenated alkanes) is 1. The molecule has 14 heavy (non-hydrogen) atoms. The Balaban J connectivity index is 2.30. The van der Waals surface area contributed by atoms with Gasteiger partial charge in [-0.3, -0.25) is 0 Å². The molecule has 3 heteroatoms. The van der Waals surface area contributed by atoms with Crippen molar-refractivity contribution in [1.29, 1.82) is 0 Å². The van der Waals surface area contributed by atoms with Gasteiger partial charge in [-0.2, -0.15) is 0 Å².